The van der Waals surface area contributed by atoms with Crippen molar-refractivity contribution in [2.75, 3.05) is 17.2 Å². The third-order valence-electron chi connectivity index (χ3n) is 2.76. The maximum Gasteiger partial charge on any atom is 0.323 e. The number of rotatable bonds is 5. The number of para-hydroxylation sites is 1. The van der Waals surface area contributed by atoms with Gasteiger partial charge in [-0.2, -0.15) is 0 Å². The van der Waals surface area contributed by atoms with E-state index in [9.17, 15) is 14.4 Å². The van der Waals surface area contributed by atoms with Crippen LogP contribution >= 0.6 is 0 Å². The van der Waals surface area contributed by atoms with E-state index in [4.69, 9.17) is 0 Å². The molecular weight excluding hydrogens is 282 g/mol. The van der Waals surface area contributed by atoms with Crippen molar-refractivity contribution in [3.8, 4) is 0 Å². The summed E-state index contributed by atoms with van der Waals surface area (Å²) in [6.45, 7) is -0.0506. The first-order chi connectivity index (χ1) is 10.7. The molecule has 3 amide bonds. The summed E-state index contributed by atoms with van der Waals surface area (Å²) in [5, 5.41) is 7.75. The highest BCUT2D eigenvalue weighted by Gasteiger charge is 2.07. The molecule has 0 radical (unpaired) electrons. The number of hydrogen-bond acceptors (Lipinski definition) is 3. The van der Waals surface area contributed by atoms with Crippen molar-refractivity contribution in [1.82, 2.24) is 5.32 Å². The van der Waals surface area contributed by atoms with Gasteiger partial charge in [0.05, 0.1) is 6.54 Å². The Morgan fingerprint density at radius 3 is 2.32 bits per heavy atom. The molecule has 2 aromatic carbocycles. The van der Waals surface area contributed by atoms with Gasteiger partial charge >= 0.3 is 6.03 Å². The number of anilines is 2. The maximum atomic E-state index is 11.9. The standard InChI is InChI=1S/C16H15N3O3/c20-10-9-17-15(21)12-5-4-8-14(11-12)19-16(22)18-13-6-2-1-3-7-13/h1-8,10-11H,9H2,(H,17,21)(H2,18,19,22). The average molecular weight is 297 g/mol. The Labute approximate surface area is 127 Å². The van der Waals surface area contributed by atoms with Gasteiger partial charge in [-0.05, 0) is 30.3 Å². The van der Waals surface area contributed by atoms with E-state index in [-0.39, 0.29) is 12.5 Å². The summed E-state index contributed by atoms with van der Waals surface area (Å²) in [6.07, 6.45) is 0.604. The Morgan fingerprint density at radius 2 is 1.59 bits per heavy atom. The molecule has 0 unspecified atom stereocenters. The van der Waals surface area contributed by atoms with Crippen LogP contribution in [0.2, 0.25) is 0 Å². The number of amides is 3. The maximum absolute atomic E-state index is 11.9. The molecule has 0 heterocycles. The van der Waals surface area contributed by atoms with Crippen molar-refractivity contribution in [2.45, 2.75) is 0 Å². The fourth-order valence-electron chi connectivity index (χ4n) is 1.79. The predicted molar refractivity (Wildman–Crippen MR) is 83.9 cm³/mol. The van der Waals surface area contributed by atoms with Crippen LogP contribution in [0.4, 0.5) is 16.2 Å². The third kappa shape index (κ3) is 4.45. The van der Waals surface area contributed by atoms with Gasteiger partial charge in [0.25, 0.3) is 5.91 Å². The first-order valence-corrected chi connectivity index (χ1v) is 6.64. The molecule has 6 nitrogen and oxygen atoms in total. The number of hydrogen-bond donors (Lipinski definition) is 3. The molecule has 0 atom stereocenters. The van der Waals surface area contributed by atoms with Gasteiger partial charge in [0.15, 0.2) is 0 Å². The lowest BCUT2D eigenvalue weighted by molar-refractivity contribution is -0.107. The minimum Gasteiger partial charge on any atom is -0.345 e. The summed E-state index contributed by atoms with van der Waals surface area (Å²) in [5.41, 5.74) is 1.51. The first-order valence-electron chi connectivity index (χ1n) is 6.64. The van der Waals surface area contributed by atoms with Crippen LogP contribution < -0.4 is 16.0 Å². The average Bonchev–Trinajstić information content (AvgIpc) is 2.53. The minimum atomic E-state index is -0.406. The fraction of sp³-hybridized carbons (Fsp3) is 0.0625. The summed E-state index contributed by atoms with van der Waals surface area (Å²) < 4.78 is 0. The van der Waals surface area contributed by atoms with Gasteiger partial charge in [-0.3, -0.25) is 4.79 Å². The molecule has 22 heavy (non-hydrogen) atoms. The summed E-state index contributed by atoms with van der Waals surface area (Å²) in [5.74, 6) is -0.376. The molecule has 0 aromatic heterocycles. The van der Waals surface area contributed by atoms with Gasteiger partial charge in [0, 0.05) is 16.9 Å². The highest BCUT2D eigenvalue weighted by Crippen LogP contribution is 2.12. The van der Waals surface area contributed by atoms with Crippen LogP contribution in [0.1, 0.15) is 10.4 Å². The molecular formula is C16H15N3O3. The Balaban J connectivity index is 1.99. The van der Waals surface area contributed by atoms with Gasteiger partial charge in [-0.1, -0.05) is 24.3 Å². The molecule has 0 aliphatic carbocycles. The van der Waals surface area contributed by atoms with E-state index in [1.165, 1.54) is 6.07 Å². The van der Waals surface area contributed by atoms with Crippen molar-refractivity contribution >= 4 is 29.6 Å². The number of carbonyl (C=O) groups is 3. The molecule has 3 N–H and O–H groups in total. The summed E-state index contributed by atoms with van der Waals surface area (Å²) >= 11 is 0. The van der Waals surface area contributed by atoms with Crippen molar-refractivity contribution in [1.29, 1.82) is 0 Å². The largest absolute Gasteiger partial charge is 0.345 e. The molecule has 0 aliphatic heterocycles. The monoisotopic (exact) mass is 297 g/mol. The lowest BCUT2D eigenvalue weighted by Crippen LogP contribution is -2.25. The number of carbonyl (C=O) groups excluding carboxylic acids is 3. The Bertz CT molecular complexity index is 671. The molecule has 0 aliphatic rings. The molecule has 0 bridgehead atoms. The summed E-state index contributed by atoms with van der Waals surface area (Å²) in [6, 6.07) is 15.1. The van der Waals surface area contributed by atoms with Crippen LogP contribution in [0.3, 0.4) is 0 Å². The van der Waals surface area contributed by atoms with Gasteiger partial charge < -0.3 is 20.7 Å². The van der Waals surface area contributed by atoms with Gasteiger partial charge in [0.2, 0.25) is 0 Å². The molecule has 6 heteroatoms. The lowest BCUT2D eigenvalue weighted by Gasteiger charge is -2.09. The molecule has 0 saturated heterocycles. The number of aldehydes is 1. The smallest absolute Gasteiger partial charge is 0.323 e. The van der Waals surface area contributed by atoms with Crippen LogP contribution in [0.5, 0.6) is 0 Å². The van der Waals surface area contributed by atoms with Gasteiger partial charge in [-0.15, -0.1) is 0 Å². The number of benzene rings is 2. The molecule has 0 saturated carbocycles. The third-order valence-corrected chi connectivity index (χ3v) is 2.76. The van der Waals surface area contributed by atoms with E-state index in [2.05, 4.69) is 16.0 Å². The van der Waals surface area contributed by atoms with Crippen molar-refractivity contribution < 1.29 is 14.4 Å². The number of nitrogens with one attached hydrogen (secondary N) is 3. The highest BCUT2D eigenvalue weighted by molar-refractivity contribution is 6.01. The van der Waals surface area contributed by atoms with Crippen LogP contribution in [0, 0.1) is 0 Å². The van der Waals surface area contributed by atoms with E-state index < -0.39 is 6.03 Å². The van der Waals surface area contributed by atoms with Gasteiger partial charge in [0.1, 0.15) is 6.29 Å². The van der Waals surface area contributed by atoms with E-state index >= 15 is 0 Å². The Morgan fingerprint density at radius 1 is 0.909 bits per heavy atom. The van der Waals surface area contributed by atoms with Crippen LogP contribution in [-0.2, 0) is 4.79 Å². The SMILES string of the molecule is O=CCNC(=O)c1cccc(NC(=O)Nc2ccccc2)c1. The van der Waals surface area contributed by atoms with Crippen molar-refractivity contribution in [3.05, 3.63) is 60.2 Å². The minimum absolute atomic E-state index is 0.0506. The zero-order chi connectivity index (χ0) is 15.8. The van der Waals surface area contributed by atoms with E-state index in [0.717, 1.165) is 0 Å². The van der Waals surface area contributed by atoms with E-state index in [1.807, 2.05) is 18.2 Å². The lowest BCUT2D eigenvalue weighted by atomic mass is 10.2. The number of urea groups is 1. The quantitative estimate of drug-likeness (QED) is 0.740. The normalized spacial score (nSPS) is 9.64. The van der Waals surface area contributed by atoms with E-state index in [0.29, 0.717) is 23.2 Å². The molecule has 2 rings (SSSR count). The zero-order valence-electron chi connectivity index (χ0n) is 11.7. The second kappa shape index (κ2) is 7.58. The molecule has 0 fully saturated rings. The van der Waals surface area contributed by atoms with Crippen LogP contribution in [0.15, 0.2) is 54.6 Å². The molecule has 2 aromatic rings. The summed E-state index contributed by atoms with van der Waals surface area (Å²) in [7, 11) is 0. The Hall–Kier alpha value is -3.15. The second-order valence-electron chi connectivity index (χ2n) is 4.40. The Kier molecular flexibility index (Phi) is 5.25. The topological polar surface area (TPSA) is 87.3 Å². The van der Waals surface area contributed by atoms with E-state index in [1.54, 1.807) is 30.3 Å². The van der Waals surface area contributed by atoms with Crippen LogP contribution in [0.25, 0.3) is 0 Å². The summed E-state index contributed by atoms with van der Waals surface area (Å²) in [4.78, 5) is 33.8. The van der Waals surface area contributed by atoms with Crippen LogP contribution in [-0.4, -0.2) is 24.8 Å². The van der Waals surface area contributed by atoms with Crippen molar-refractivity contribution in [3.63, 3.8) is 0 Å². The fourth-order valence-corrected chi connectivity index (χ4v) is 1.79. The van der Waals surface area contributed by atoms with Gasteiger partial charge in [-0.25, -0.2) is 4.79 Å². The first kappa shape index (κ1) is 15.2. The predicted octanol–water partition coefficient (Wildman–Crippen LogP) is 2.26. The molecule has 112 valence electrons. The second-order valence-corrected chi connectivity index (χ2v) is 4.40. The zero-order valence-corrected chi connectivity index (χ0v) is 11.7. The highest BCUT2D eigenvalue weighted by atomic mass is 16.2. The van der Waals surface area contributed by atoms with Crippen molar-refractivity contribution in [2.24, 2.45) is 0 Å². The molecule has 0 spiro atoms.